The molecule has 0 aliphatic carbocycles. The van der Waals surface area contributed by atoms with Crippen molar-refractivity contribution in [1.82, 2.24) is 10.2 Å². The highest BCUT2D eigenvalue weighted by Gasteiger charge is 2.12. The topological polar surface area (TPSA) is 32.3 Å². The van der Waals surface area contributed by atoms with Crippen molar-refractivity contribution in [3.05, 3.63) is 29.3 Å². The van der Waals surface area contributed by atoms with Gasteiger partial charge in [-0.1, -0.05) is 17.7 Å². The lowest BCUT2D eigenvalue weighted by molar-refractivity contribution is 0.254. The molecule has 1 saturated heterocycles. The van der Waals surface area contributed by atoms with Gasteiger partial charge in [-0.3, -0.25) is 9.11 Å². The summed E-state index contributed by atoms with van der Waals surface area (Å²) in [5, 5.41) is 3.33. The van der Waals surface area contributed by atoms with Gasteiger partial charge in [0.05, 0.1) is 10.8 Å². The lowest BCUT2D eigenvalue weighted by Crippen LogP contribution is -2.44. The van der Waals surface area contributed by atoms with E-state index in [0.717, 1.165) is 48.9 Å². The van der Waals surface area contributed by atoms with Crippen molar-refractivity contribution in [2.45, 2.75) is 18.7 Å². The van der Waals surface area contributed by atoms with Crippen LogP contribution in [0.25, 0.3) is 0 Å². The van der Waals surface area contributed by atoms with Crippen molar-refractivity contribution in [3.8, 4) is 0 Å². The average molecular weight is 266 g/mol. The molecule has 1 aromatic rings. The summed E-state index contributed by atoms with van der Waals surface area (Å²) in [4.78, 5) is 3.38. The Morgan fingerprint density at radius 2 is 2.00 bits per heavy atom. The summed E-state index contributed by atoms with van der Waals surface area (Å²) in [6.45, 7) is 9.30. The fourth-order valence-corrected chi connectivity index (χ4v) is 3.59. The van der Waals surface area contributed by atoms with Crippen molar-refractivity contribution >= 4 is 10.8 Å². The van der Waals surface area contributed by atoms with E-state index in [4.69, 9.17) is 0 Å². The number of aryl methyl sites for hydroxylation is 2. The molecule has 0 bridgehead atoms. The van der Waals surface area contributed by atoms with Crippen LogP contribution in [0.3, 0.4) is 0 Å². The maximum absolute atomic E-state index is 12.3. The molecule has 1 fully saturated rings. The van der Waals surface area contributed by atoms with E-state index in [2.05, 4.69) is 23.2 Å². The zero-order chi connectivity index (χ0) is 13.0. The molecule has 1 unspecified atom stereocenters. The van der Waals surface area contributed by atoms with Crippen LogP contribution in [-0.4, -0.2) is 47.6 Å². The van der Waals surface area contributed by atoms with Crippen LogP contribution in [0.5, 0.6) is 0 Å². The minimum absolute atomic E-state index is 0.740. The van der Waals surface area contributed by atoms with E-state index >= 15 is 0 Å². The van der Waals surface area contributed by atoms with Gasteiger partial charge in [-0.05, 0) is 25.5 Å². The van der Waals surface area contributed by atoms with E-state index in [1.807, 2.05) is 19.1 Å². The molecular formula is C14H22N2OS. The van der Waals surface area contributed by atoms with Crippen molar-refractivity contribution in [2.75, 3.05) is 38.5 Å². The highest BCUT2D eigenvalue weighted by molar-refractivity contribution is 7.85. The summed E-state index contributed by atoms with van der Waals surface area (Å²) < 4.78 is 12.3. The molecule has 0 aromatic heterocycles. The van der Waals surface area contributed by atoms with Crippen molar-refractivity contribution in [1.29, 1.82) is 0 Å². The molecular weight excluding hydrogens is 244 g/mol. The number of hydrogen-bond acceptors (Lipinski definition) is 3. The summed E-state index contributed by atoms with van der Waals surface area (Å²) in [6, 6.07) is 6.17. The van der Waals surface area contributed by atoms with Gasteiger partial charge in [-0.15, -0.1) is 0 Å². The quantitative estimate of drug-likeness (QED) is 0.892. The van der Waals surface area contributed by atoms with Gasteiger partial charge in [0.25, 0.3) is 0 Å². The van der Waals surface area contributed by atoms with Crippen LogP contribution in [0.4, 0.5) is 0 Å². The molecule has 18 heavy (non-hydrogen) atoms. The van der Waals surface area contributed by atoms with E-state index in [-0.39, 0.29) is 0 Å². The first-order chi connectivity index (χ1) is 8.66. The second-order valence-corrected chi connectivity index (χ2v) is 6.45. The monoisotopic (exact) mass is 266 g/mol. The Morgan fingerprint density at radius 1 is 1.28 bits per heavy atom. The largest absolute Gasteiger partial charge is 0.314 e. The molecule has 1 aromatic carbocycles. The summed E-state index contributed by atoms with van der Waals surface area (Å²) in [5.74, 6) is 0.740. The van der Waals surface area contributed by atoms with Crippen LogP contribution in [0.15, 0.2) is 23.1 Å². The van der Waals surface area contributed by atoms with Crippen LogP contribution in [0.2, 0.25) is 0 Å². The molecule has 3 nitrogen and oxygen atoms in total. The van der Waals surface area contributed by atoms with E-state index in [1.54, 1.807) is 0 Å². The highest BCUT2D eigenvalue weighted by Crippen LogP contribution is 2.15. The predicted octanol–water partition coefficient (Wildman–Crippen LogP) is 1.32. The van der Waals surface area contributed by atoms with Gasteiger partial charge in [0.1, 0.15) is 0 Å². The van der Waals surface area contributed by atoms with E-state index in [0.29, 0.717) is 0 Å². The van der Waals surface area contributed by atoms with Gasteiger partial charge >= 0.3 is 0 Å². The Morgan fingerprint density at radius 3 is 2.67 bits per heavy atom. The minimum Gasteiger partial charge on any atom is -0.314 e. The molecule has 0 radical (unpaired) electrons. The molecule has 1 heterocycles. The summed E-state index contributed by atoms with van der Waals surface area (Å²) in [5.41, 5.74) is 2.38. The van der Waals surface area contributed by atoms with Crippen molar-refractivity contribution in [3.63, 3.8) is 0 Å². The van der Waals surface area contributed by atoms with Gasteiger partial charge in [0.2, 0.25) is 0 Å². The molecule has 4 heteroatoms. The SMILES string of the molecule is Cc1ccc(S(=O)CCN2CCNCC2)c(C)c1. The number of nitrogens with zero attached hydrogens (tertiary/aromatic N) is 1. The summed E-state index contributed by atoms with van der Waals surface area (Å²) in [6.07, 6.45) is 0. The second kappa shape index (κ2) is 6.45. The third-order valence-electron chi connectivity index (χ3n) is 3.38. The highest BCUT2D eigenvalue weighted by atomic mass is 32.2. The molecule has 0 amide bonds. The Hall–Kier alpha value is -0.710. The molecule has 1 aliphatic heterocycles. The third-order valence-corrected chi connectivity index (χ3v) is 4.88. The van der Waals surface area contributed by atoms with E-state index in [9.17, 15) is 4.21 Å². The Balaban J connectivity index is 1.90. The van der Waals surface area contributed by atoms with E-state index in [1.165, 1.54) is 5.56 Å². The van der Waals surface area contributed by atoms with Crippen LogP contribution in [-0.2, 0) is 10.8 Å². The zero-order valence-corrected chi connectivity index (χ0v) is 12.1. The van der Waals surface area contributed by atoms with Crippen LogP contribution < -0.4 is 5.32 Å². The third kappa shape index (κ3) is 3.64. The normalized spacial score (nSPS) is 18.8. The zero-order valence-electron chi connectivity index (χ0n) is 11.2. The van der Waals surface area contributed by atoms with E-state index < -0.39 is 10.8 Å². The molecule has 100 valence electrons. The number of benzene rings is 1. The fraction of sp³-hybridized carbons (Fsp3) is 0.571. The summed E-state index contributed by atoms with van der Waals surface area (Å²) in [7, 11) is -0.867. The fourth-order valence-electron chi connectivity index (χ4n) is 2.31. The number of rotatable bonds is 4. The average Bonchev–Trinajstić information content (AvgIpc) is 2.37. The lowest BCUT2D eigenvalue weighted by Gasteiger charge is -2.26. The molecule has 0 spiro atoms. The molecule has 1 aliphatic rings. The molecule has 0 saturated carbocycles. The van der Waals surface area contributed by atoms with Gasteiger partial charge in [-0.2, -0.15) is 0 Å². The first-order valence-electron chi connectivity index (χ1n) is 6.55. The second-order valence-electron chi connectivity index (χ2n) is 4.91. The van der Waals surface area contributed by atoms with Crippen LogP contribution in [0, 0.1) is 13.8 Å². The first-order valence-corrected chi connectivity index (χ1v) is 7.87. The van der Waals surface area contributed by atoms with Crippen molar-refractivity contribution < 1.29 is 4.21 Å². The van der Waals surface area contributed by atoms with Gasteiger partial charge in [0, 0.05) is 43.4 Å². The number of hydrogen-bond donors (Lipinski definition) is 1. The van der Waals surface area contributed by atoms with Gasteiger partial charge in [-0.25, -0.2) is 0 Å². The Bertz CT molecular complexity index is 428. The predicted molar refractivity (Wildman–Crippen MR) is 76.5 cm³/mol. The molecule has 1 N–H and O–H groups in total. The lowest BCUT2D eigenvalue weighted by atomic mass is 10.2. The smallest absolute Gasteiger partial charge is 0.0545 e. The van der Waals surface area contributed by atoms with Gasteiger partial charge < -0.3 is 5.32 Å². The van der Waals surface area contributed by atoms with Crippen LogP contribution >= 0.6 is 0 Å². The Kier molecular flexibility index (Phi) is 4.92. The molecule has 1 atom stereocenters. The Labute approximate surface area is 112 Å². The maximum Gasteiger partial charge on any atom is 0.0545 e. The summed E-state index contributed by atoms with van der Waals surface area (Å²) >= 11 is 0. The standard InChI is InChI=1S/C14H22N2OS/c1-12-3-4-14(13(2)11-12)18(17)10-9-16-7-5-15-6-8-16/h3-4,11,15H,5-10H2,1-2H3. The number of piperazine rings is 1. The van der Waals surface area contributed by atoms with Gasteiger partial charge in [0.15, 0.2) is 0 Å². The van der Waals surface area contributed by atoms with Crippen molar-refractivity contribution in [2.24, 2.45) is 0 Å². The van der Waals surface area contributed by atoms with Crippen LogP contribution in [0.1, 0.15) is 11.1 Å². The number of nitrogens with one attached hydrogen (secondary N) is 1. The minimum atomic E-state index is -0.867. The first kappa shape index (κ1) is 13.7. The maximum atomic E-state index is 12.3. The molecule has 2 rings (SSSR count).